The summed E-state index contributed by atoms with van der Waals surface area (Å²) in [7, 11) is 0. The SMILES string of the molecule is CCCNC(c1ccc(Br)o1)c1cccc2c1OCCC2. The van der Waals surface area contributed by atoms with Crippen LogP contribution in [0.15, 0.2) is 39.4 Å². The highest BCUT2D eigenvalue weighted by Gasteiger charge is 2.24. The summed E-state index contributed by atoms with van der Waals surface area (Å²) >= 11 is 3.39. The Morgan fingerprint density at radius 2 is 2.19 bits per heavy atom. The van der Waals surface area contributed by atoms with Gasteiger partial charge in [0.25, 0.3) is 0 Å². The number of halogens is 1. The van der Waals surface area contributed by atoms with Gasteiger partial charge in [0.2, 0.25) is 0 Å². The Morgan fingerprint density at radius 3 is 2.95 bits per heavy atom. The molecule has 0 aliphatic carbocycles. The van der Waals surface area contributed by atoms with Gasteiger partial charge in [-0.15, -0.1) is 0 Å². The van der Waals surface area contributed by atoms with E-state index < -0.39 is 0 Å². The summed E-state index contributed by atoms with van der Waals surface area (Å²) in [6.07, 6.45) is 3.26. The molecule has 4 heteroatoms. The number of hydrogen-bond donors (Lipinski definition) is 1. The van der Waals surface area contributed by atoms with Gasteiger partial charge in [0.1, 0.15) is 11.5 Å². The lowest BCUT2D eigenvalue weighted by Gasteiger charge is -2.25. The van der Waals surface area contributed by atoms with Crippen LogP contribution in [0.1, 0.15) is 42.7 Å². The topological polar surface area (TPSA) is 34.4 Å². The van der Waals surface area contributed by atoms with E-state index in [1.807, 2.05) is 12.1 Å². The Balaban J connectivity index is 2.00. The van der Waals surface area contributed by atoms with Crippen LogP contribution in [0.4, 0.5) is 0 Å². The highest BCUT2D eigenvalue weighted by molar-refractivity contribution is 9.10. The summed E-state index contributed by atoms with van der Waals surface area (Å²) in [4.78, 5) is 0. The van der Waals surface area contributed by atoms with Crippen molar-refractivity contribution in [3.63, 3.8) is 0 Å². The normalized spacial score (nSPS) is 15.3. The van der Waals surface area contributed by atoms with Crippen LogP contribution in [0.25, 0.3) is 0 Å². The maximum absolute atomic E-state index is 5.95. The van der Waals surface area contributed by atoms with E-state index in [0.717, 1.165) is 48.6 Å². The van der Waals surface area contributed by atoms with Crippen molar-refractivity contribution in [3.8, 4) is 5.75 Å². The Bertz CT molecular complexity index is 609. The van der Waals surface area contributed by atoms with Crippen molar-refractivity contribution in [3.05, 3.63) is 51.9 Å². The van der Waals surface area contributed by atoms with Crippen LogP contribution in [0.2, 0.25) is 0 Å². The van der Waals surface area contributed by atoms with Gasteiger partial charge in [0, 0.05) is 5.56 Å². The Morgan fingerprint density at radius 1 is 1.29 bits per heavy atom. The molecular weight excluding hydrogens is 330 g/mol. The van der Waals surface area contributed by atoms with Crippen LogP contribution >= 0.6 is 15.9 Å². The van der Waals surface area contributed by atoms with Gasteiger partial charge in [0.05, 0.1) is 12.6 Å². The van der Waals surface area contributed by atoms with Crippen LogP contribution < -0.4 is 10.1 Å². The first kappa shape index (κ1) is 14.7. The summed E-state index contributed by atoms with van der Waals surface area (Å²) in [5.74, 6) is 1.95. The summed E-state index contributed by atoms with van der Waals surface area (Å²) in [6, 6.07) is 10.4. The standard InChI is InChI=1S/C17H20BrNO2/c1-2-10-19-16(14-8-9-15(18)21-14)13-7-3-5-12-6-4-11-20-17(12)13/h3,5,7-9,16,19H,2,4,6,10-11H2,1H3. The lowest BCUT2D eigenvalue weighted by molar-refractivity contribution is 0.281. The van der Waals surface area contributed by atoms with Crippen molar-refractivity contribution in [2.24, 2.45) is 0 Å². The number of benzene rings is 1. The second-order valence-electron chi connectivity index (χ2n) is 5.32. The van der Waals surface area contributed by atoms with Crippen molar-refractivity contribution in [2.75, 3.05) is 13.2 Å². The molecule has 1 aromatic carbocycles. The molecule has 0 spiro atoms. The minimum absolute atomic E-state index is 0.0318. The maximum atomic E-state index is 5.95. The van der Waals surface area contributed by atoms with Gasteiger partial charge in [-0.1, -0.05) is 25.1 Å². The Kier molecular flexibility index (Phi) is 4.66. The molecule has 21 heavy (non-hydrogen) atoms. The molecule has 0 saturated heterocycles. The Labute approximate surface area is 133 Å². The number of rotatable bonds is 5. The highest BCUT2D eigenvalue weighted by atomic mass is 79.9. The van der Waals surface area contributed by atoms with Gasteiger partial charge in [-0.05, 0) is 59.4 Å². The molecule has 1 aliphatic heterocycles. The van der Waals surface area contributed by atoms with Gasteiger partial charge in [-0.2, -0.15) is 0 Å². The van der Waals surface area contributed by atoms with E-state index in [1.54, 1.807) is 0 Å². The molecule has 1 N–H and O–H groups in total. The van der Waals surface area contributed by atoms with Crippen molar-refractivity contribution in [2.45, 2.75) is 32.2 Å². The highest BCUT2D eigenvalue weighted by Crippen LogP contribution is 2.36. The van der Waals surface area contributed by atoms with Crippen LogP contribution in [0.5, 0.6) is 5.75 Å². The van der Waals surface area contributed by atoms with Gasteiger partial charge in [-0.25, -0.2) is 0 Å². The van der Waals surface area contributed by atoms with Crippen LogP contribution in [0.3, 0.4) is 0 Å². The average molecular weight is 350 g/mol. The number of fused-ring (bicyclic) bond motifs is 1. The number of ether oxygens (including phenoxy) is 1. The largest absolute Gasteiger partial charge is 0.493 e. The fourth-order valence-corrected chi connectivity index (χ4v) is 3.10. The molecule has 1 aromatic heterocycles. The first-order chi connectivity index (χ1) is 10.3. The molecule has 0 amide bonds. The molecule has 3 nitrogen and oxygen atoms in total. The summed E-state index contributed by atoms with van der Waals surface area (Å²) in [5, 5.41) is 3.57. The quantitative estimate of drug-likeness (QED) is 0.865. The third-order valence-corrected chi connectivity index (χ3v) is 4.18. The number of nitrogens with one attached hydrogen (secondary N) is 1. The van der Waals surface area contributed by atoms with Crippen LogP contribution in [0, 0.1) is 0 Å². The first-order valence-corrected chi connectivity index (χ1v) is 8.32. The van der Waals surface area contributed by atoms with Crippen molar-refractivity contribution >= 4 is 15.9 Å². The van der Waals surface area contributed by atoms with E-state index in [4.69, 9.17) is 9.15 Å². The molecule has 0 bridgehead atoms. The fourth-order valence-electron chi connectivity index (χ4n) is 2.78. The van der Waals surface area contributed by atoms with E-state index in [-0.39, 0.29) is 6.04 Å². The predicted molar refractivity (Wildman–Crippen MR) is 86.8 cm³/mol. The van der Waals surface area contributed by atoms with E-state index in [0.29, 0.717) is 0 Å². The smallest absolute Gasteiger partial charge is 0.169 e. The van der Waals surface area contributed by atoms with Crippen molar-refractivity contribution in [1.29, 1.82) is 0 Å². The fraction of sp³-hybridized carbons (Fsp3) is 0.412. The molecule has 2 heterocycles. The van der Waals surface area contributed by atoms with E-state index >= 15 is 0 Å². The van der Waals surface area contributed by atoms with Crippen molar-refractivity contribution < 1.29 is 9.15 Å². The predicted octanol–water partition coefficient (Wildman–Crippen LogP) is 4.46. The minimum Gasteiger partial charge on any atom is -0.493 e. The van der Waals surface area contributed by atoms with Gasteiger partial charge >= 0.3 is 0 Å². The zero-order valence-corrected chi connectivity index (χ0v) is 13.8. The molecule has 0 saturated carbocycles. The molecule has 2 aromatic rings. The second-order valence-corrected chi connectivity index (χ2v) is 6.10. The molecule has 1 aliphatic rings. The molecule has 0 fully saturated rings. The third kappa shape index (κ3) is 3.16. The lowest BCUT2D eigenvalue weighted by Crippen LogP contribution is -2.24. The van der Waals surface area contributed by atoms with Crippen molar-refractivity contribution in [1.82, 2.24) is 5.32 Å². The molecule has 1 unspecified atom stereocenters. The number of hydrogen-bond acceptors (Lipinski definition) is 3. The number of aryl methyl sites for hydroxylation is 1. The third-order valence-electron chi connectivity index (χ3n) is 3.75. The molecule has 112 valence electrons. The summed E-state index contributed by atoms with van der Waals surface area (Å²) in [5.41, 5.74) is 2.47. The Hall–Kier alpha value is -1.26. The zero-order valence-electron chi connectivity index (χ0n) is 12.2. The van der Waals surface area contributed by atoms with Gasteiger partial charge in [0.15, 0.2) is 4.67 Å². The first-order valence-electron chi connectivity index (χ1n) is 7.52. The van der Waals surface area contributed by atoms with Gasteiger partial charge in [-0.3, -0.25) is 0 Å². The summed E-state index contributed by atoms with van der Waals surface area (Å²) in [6.45, 7) is 3.90. The summed E-state index contributed by atoms with van der Waals surface area (Å²) < 4.78 is 12.5. The lowest BCUT2D eigenvalue weighted by atomic mass is 9.96. The minimum atomic E-state index is 0.0318. The van der Waals surface area contributed by atoms with Crippen LogP contribution in [-0.2, 0) is 6.42 Å². The van der Waals surface area contributed by atoms with E-state index in [2.05, 4.69) is 46.4 Å². The molecule has 1 atom stereocenters. The second kappa shape index (κ2) is 6.67. The number of furan rings is 1. The monoisotopic (exact) mass is 349 g/mol. The van der Waals surface area contributed by atoms with E-state index in [1.165, 1.54) is 11.1 Å². The molecule has 0 radical (unpaired) electrons. The average Bonchev–Trinajstić information content (AvgIpc) is 2.94. The zero-order chi connectivity index (χ0) is 14.7. The number of para-hydroxylation sites is 1. The van der Waals surface area contributed by atoms with E-state index in [9.17, 15) is 0 Å². The maximum Gasteiger partial charge on any atom is 0.169 e. The molecular formula is C17H20BrNO2. The molecule has 3 rings (SSSR count). The van der Waals surface area contributed by atoms with Crippen LogP contribution in [-0.4, -0.2) is 13.2 Å². The van der Waals surface area contributed by atoms with Gasteiger partial charge < -0.3 is 14.5 Å².